The Bertz CT molecular complexity index is 893. The van der Waals surface area contributed by atoms with Crippen molar-refractivity contribution >= 4 is 12.0 Å². The second kappa shape index (κ2) is 10.1. The lowest BCUT2D eigenvalue weighted by atomic mass is 10.0. The zero-order valence-electron chi connectivity index (χ0n) is 18.0. The number of hydrogen-bond donors (Lipinski definition) is 2. The standard InChI is InChI=1S/C23H29FN2O4/c1-6-29-17-10-7-9-16(13-17)15(2)26-21(27)18-11-8-12-20(24)19(18)14-25-22(28)30-23(3,4)5/h7-13,15H,6,14H2,1-5H3,(H,25,28)(H,26,27)/t15-/m0/s1. The van der Waals surface area contributed by atoms with E-state index < -0.39 is 23.4 Å². The van der Waals surface area contributed by atoms with E-state index in [0.717, 1.165) is 5.56 Å². The van der Waals surface area contributed by atoms with Crippen molar-refractivity contribution in [2.24, 2.45) is 0 Å². The topological polar surface area (TPSA) is 76.7 Å². The Morgan fingerprint density at radius 1 is 1.13 bits per heavy atom. The number of halogens is 1. The summed E-state index contributed by atoms with van der Waals surface area (Å²) in [5.41, 5.74) is 0.430. The summed E-state index contributed by atoms with van der Waals surface area (Å²) in [5.74, 6) is -0.307. The first-order valence-electron chi connectivity index (χ1n) is 9.88. The van der Waals surface area contributed by atoms with Crippen LogP contribution in [0, 0.1) is 5.82 Å². The summed E-state index contributed by atoms with van der Waals surface area (Å²) in [5, 5.41) is 5.37. The number of nitrogens with one attached hydrogen (secondary N) is 2. The predicted molar refractivity (Wildman–Crippen MR) is 113 cm³/mol. The molecule has 0 unspecified atom stereocenters. The first kappa shape index (κ1) is 23.2. The van der Waals surface area contributed by atoms with Crippen molar-refractivity contribution in [2.75, 3.05) is 6.61 Å². The molecule has 2 N–H and O–H groups in total. The number of hydrogen-bond acceptors (Lipinski definition) is 4. The van der Waals surface area contributed by atoms with Crippen LogP contribution in [0.2, 0.25) is 0 Å². The summed E-state index contributed by atoms with van der Waals surface area (Å²) >= 11 is 0. The van der Waals surface area contributed by atoms with Crippen molar-refractivity contribution in [1.82, 2.24) is 10.6 Å². The first-order chi connectivity index (χ1) is 14.1. The largest absolute Gasteiger partial charge is 0.494 e. The molecule has 2 rings (SSSR count). The molecule has 0 heterocycles. The van der Waals surface area contributed by atoms with Crippen molar-refractivity contribution < 1.29 is 23.5 Å². The van der Waals surface area contributed by atoms with Gasteiger partial charge >= 0.3 is 6.09 Å². The van der Waals surface area contributed by atoms with E-state index in [1.165, 1.54) is 18.2 Å². The van der Waals surface area contributed by atoms with Gasteiger partial charge in [-0.05, 0) is 64.4 Å². The van der Waals surface area contributed by atoms with E-state index in [1.54, 1.807) is 20.8 Å². The van der Waals surface area contributed by atoms with Crippen molar-refractivity contribution in [3.8, 4) is 5.75 Å². The molecular formula is C23H29FN2O4. The maximum absolute atomic E-state index is 14.4. The van der Waals surface area contributed by atoms with Gasteiger partial charge in [-0.3, -0.25) is 4.79 Å². The molecule has 7 heteroatoms. The van der Waals surface area contributed by atoms with Crippen molar-refractivity contribution in [3.63, 3.8) is 0 Å². The second-order valence-electron chi connectivity index (χ2n) is 7.82. The molecule has 162 valence electrons. The molecule has 0 aliphatic heterocycles. The van der Waals surface area contributed by atoms with Crippen LogP contribution >= 0.6 is 0 Å². The SMILES string of the molecule is CCOc1cccc([C@H](C)NC(=O)c2cccc(F)c2CNC(=O)OC(C)(C)C)c1. The first-order valence-corrected chi connectivity index (χ1v) is 9.88. The lowest BCUT2D eigenvalue weighted by Crippen LogP contribution is -2.33. The predicted octanol–water partition coefficient (Wildman–Crippen LogP) is 4.74. The Hall–Kier alpha value is -3.09. The van der Waals surface area contributed by atoms with Crippen LogP contribution in [0.15, 0.2) is 42.5 Å². The van der Waals surface area contributed by atoms with Crippen molar-refractivity contribution in [3.05, 3.63) is 65.0 Å². The number of carbonyl (C=O) groups excluding carboxylic acids is 2. The van der Waals surface area contributed by atoms with Gasteiger partial charge in [0.25, 0.3) is 5.91 Å². The molecule has 0 fully saturated rings. The number of carbonyl (C=O) groups is 2. The highest BCUT2D eigenvalue weighted by Crippen LogP contribution is 2.21. The Labute approximate surface area is 176 Å². The Balaban J connectivity index is 2.13. The van der Waals surface area contributed by atoms with Crippen molar-refractivity contribution in [1.29, 1.82) is 0 Å². The molecule has 0 aromatic heterocycles. The quantitative estimate of drug-likeness (QED) is 0.684. The molecular weight excluding hydrogens is 387 g/mol. The van der Waals surface area contributed by atoms with Crippen molar-refractivity contribution in [2.45, 2.75) is 52.8 Å². The van der Waals surface area contributed by atoms with Gasteiger partial charge < -0.3 is 20.1 Å². The summed E-state index contributed by atoms with van der Waals surface area (Å²) in [6, 6.07) is 11.3. The molecule has 0 radical (unpaired) electrons. The van der Waals surface area contributed by atoms with E-state index in [1.807, 2.05) is 38.1 Å². The van der Waals surface area contributed by atoms with E-state index in [2.05, 4.69) is 10.6 Å². The van der Waals surface area contributed by atoms with Crippen LogP contribution < -0.4 is 15.4 Å². The number of amides is 2. The smallest absolute Gasteiger partial charge is 0.407 e. The van der Waals surface area contributed by atoms with E-state index in [9.17, 15) is 14.0 Å². The van der Waals surface area contributed by atoms with E-state index in [4.69, 9.17) is 9.47 Å². The van der Waals surface area contributed by atoms with E-state index >= 15 is 0 Å². The van der Waals surface area contributed by atoms with Gasteiger partial charge in [-0.15, -0.1) is 0 Å². The van der Waals surface area contributed by atoms with Gasteiger partial charge in [0.15, 0.2) is 0 Å². The molecule has 0 bridgehead atoms. The number of ether oxygens (including phenoxy) is 2. The number of alkyl carbamates (subject to hydrolysis) is 1. The van der Waals surface area contributed by atoms with E-state index in [-0.39, 0.29) is 23.7 Å². The normalized spacial score (nSPS) is 12.1. The third kappa shape index (κ3) is 6.76. The van der Waals surface area contributed by atoms with Crippen LogP contribution in [0.25, 0.3) is 0 Å². The van der Waals surface area contributed by atoms with Gasteiger partial charge in [0.2, 0.25) is 0 Å². The minimum absolute atomic E-state index is 0.0936. The minimum atomic E-state index is -0.682. The lowest BCUT2D eigenvalue weighted by molar-refractivity contribution is 0.0522. The fourth-order valence-electron chi connectivity index (χ4n) is 2.82. The minimum Gasteiger partial charge on any atom is -0.494 e. The Morgan fingerprint density at radius 2 is 1.83 bits per heavy atom. The summed E-state index contributed by atoms with van der Waals surface area (Å²) in [6.07, 6.45) is -0.682. The molecule has 0 aliphatic carbocycles. The molecule has 2 aromatic carbocycles. The maximum atomic E-state index is 14.4. The molecule has 0 spiro atoms. The van der Waals surface area contributed by atoms with Crippen LogP contribution in [0.4, 0.5) is 9.18 Å². The summed E-state index contributed by atoms with van der Waals surface area (Å²) in [6.45, 7) is 9.30. The van der Waals surface area contributed by atoms with Crippen LogP contribution in [0.3, 0.4) is 0 Å². The van der Waals surface area contributed by atoms with Gasteiger partial charge in [0.05, 0.1) is 12.6 Å². The maximum Gasteiger partial charge on any atom is 0.407 e. The van der Waals surface area contributed by atoms with E-state index in [0.29, 0.717) is 12.4 Å². The molecule has 0 aliphatic rings. The Morgan fingerprint density at radius 3 is 2.50 bits per heavy atom. The molecule has 30 heavy (non-hydrogen) atoms. The van der Waals surface area contributed by atoms with Gasteiger partial charge in [0, 0.05) is 17.7 Å². The third-order valence-corrected chi connectivity index (χ3v) is 4.19. The second-order valence-corrected chi connectivity index (χ2v) is 7.82. The summed E-state index contributed by atoms with van der Waals surface area (Å²) in [7, 11) is 0. The van der Waals surface area contributed by atoms with Gasteiger partial charge in [-0.1, -0.05) is 18.2 Å². The third-order valence-electron chi connectivity index (χ3n) is 4.19. The van der Waals surface area contributed by atoms with Crippen LogP contribution in [0.5, 0.6) is 5.75 Å². The zero-order chi connectivity index (χ0) is 22.3. The fraction of sp³-hybridized carbons (Fsp3) is 0.391. The lowest BCUT2D eigenvalue weighted by Gasteiger charge is -2.20. The van der Waals surface area contributed by atoms with Gasteiger partial charge in [-0.25, -0.2) is 9.18 Å². The molecule has 2 aromatic rings. The van der Waals surface area contributed by atoms with Crippen LogP contribution in [0.1, 0.15) is 62.1 Å². The highest BCUT2D eigenvalue weighted by molar-refractivity contribution is 5.96. The molecule has 0 saturated carbocycles. The summed E-state index contributed by atoms with van der Waals surface area (Å²) < 4.78 is 25.1. The number of benzene rings is 2. The highest BCUT2D eigenvalue weighted by atomic mass is 19.1. The van der Waals surface area contributed by atoms with Crippen LogP contribution in [-0.4, -0.2) is 24.2 Å². The fourth-order valence-corrected chi connectivity index (χ4v) is 2.82. The van der Waals surface area contributed by atoms with Gasteiger partial charge in [0.1, 0.15) is 17.2 Å². The molecule has 6 nitrogen and oxygen atoms in total. The molecule has 0 saturated heterocycles. The summed E-state index contributed by atoms with van der Waals surface area (Å²) in [4.78, 5) is 24.7. The molecule has 2 amide bonds. The zero-order valence-corrected chi connectivity index (χ0v) is 18.0. The Kier molecular flexibility index (Phi) is 7.80. The highest BCUT2D eigenvalue weighted by Gasteiger charge is 2.20. The van der Waals surface area contributed by atoms with Gasteiger partial charge in [-0.2, -0.15) is 0 Å². The van der Waals surface area contributed by atoms with Crippen LogP contribution in [-0.2, 0) is 11.3 Å². The molecule has 1 atom stereocenters. The monoisotopic (exact) mass is 416 g/mol. The average molecular weight is 416 g/mol. The number of rotatable bonds is 7. The average Bonchev–Trinajstić information content (AvgIpc) is 2.66.